The normalized spacial score (nSPS) is 14.9. The van der Waals surface area contributed by atoms with Gasteiger partial charge in [-0.25, -0.2) is 0 Å². The summed E-state index contributed by atoms with van der Waals surface area (Å²) in [6.07, 6.45) is 1.02. The van der Waals surface area contributed by atoms with Crippen LogP contribution in [-0.4, -0.2) is 24.0 Å². The molecule has 170 valence electrons. The Morgan fingerprint density at radius 3 is 2.39 bits per heavy atom. The highest BCUT2D eigenvalue weighted by atomic mass is 16.6. The Labute approximate surface area is 192 Å². The van der Waals surface area contributed by atoms with Crippen LogP contribution in [0, 0.1) is 17.0 Å². The highest BCUT2D eigenvalue weighted by Crippen LogP contribution is 2.37. The lowest BCUT2D eigenvalue weighted by Gasteiger charge is -2.36. The number of carbonyl (C=O) groups is 1. The van der Waals surface area contributed by atoms with Crippen LogP contribution in [0.1, 0.15) is 29.5 Å². The molecule has 1 aliphatic heterocycles. The van der Waals surface area contributed by atoms with Crippen LogP contribution in [0.15, 0.2) is 72.8 Å². The Morgan fingerprint density at radius 2 is 1.76 bits per heavy atom. The van der Waals surface area contributed by atoms with Gasteiger partial charge in [-0.05, 0) is 54.7 Å². The van der Waals surface area contributed by atoms with Gasteiger partial charge >= 0.3 is 0 Å². The molecule has 1 aliphatic rings. The maximum absolute atomic E-state index is 13.5. The summed E-state index contributed by atoms with van der Waals surface area (Å²) < 4.78 is 11.4. The van der Waals surface area contributed by atoms with Crippen molar-refractivity contribution >= 4 is 17.3 Å². The number of nitro benzene ring substituents is 1. The number of non-ortho nitro benzene ring substituents is 1. The third-order valence-electron chi connectivity index (χ3n) is 6.08. The maximum Gasteiger partial charge on any atom is 0.269 e. The van der Waals surface area contributed by atoms with Gasteiger partial charge in [-0.2, -0.15) is 0 Å². The van der Waals surface area contributed by atoms with E-state index in [-0.39, 0.29) is 11.6 Å². The molecule has 0 unspecified atom stereocenters. The molecule has 3 aromatic carbocycles. The SMILES string of the molecule is Cc1cc(NC(=O)C2(c3ccc([N+](=O)[O-])cc3)CCOCC2)ccc1OCc1ccccc1. The van der Waals surface area contributed by atoms with Crippen molar-refractivity contribution in [1.29, 1.82) is 0 Å². The van der Waals surface area contributed by atoms with Crippen molar-refractivity contribution in [2.24, 2.45) is 0 Å². The van der Waals surface area contributed by atoms with Crippen LogP contribution < -0.4 is 10.1 Å². The van der Waals surface area contributed by atoms with E-state index in [1.165, 1.54) is 12.1 Å². The molecule has 1 saturated heterocycles. The zero-order chi connectivity index (χ0) is 23.3. The number of hydrogen-bond acceptors (Lipinski definition) is 5. The van der Waals surface area contributed by atoms with Gasteiger partial charge in [-0.15, -0.1) is 0 Å². The van der Waals surface area contributed by atoms with E-state index in [1.807, 2.05) is 55.5 Å². The lowest BCUT2D eigenvalue weighted by atomic mass is 9.73. The molecular formula is C26H26N2O5. The molecule has 1 N–H and O–H groups in total. The van der Waals surface area contributed by atoms with E-state index in [4.69, 9.17) is 9.47 Å². The van der Waals surface area contributed by atoms with E-state index in [1.54, 1.807) is 12.1 Å². The van der Waals surface area contributed by atoms with Crippen molar-refractivity contribution in [2.45, 2.75) is 31.8 Å². The third kappa shape index (κ3) is 5.04. The van der Waals surface area contributed by atoms with Crippen molar-refractivity contribution in [1.82, 2.24) is 0 Å². The second kappa shape index (κ2) is 9.83. The molecule has 3 aromatic rings. The highest BCUT2D eigenvalue weighted by molar-refractivity contribution is 5.99. The maximum atomic E-state index is 13.5. The van der Waals surface area contributed by atoms with E-state index >= 15 is 0 Å². The fraction of sp³-hybridized carbons (Fsp3) is 0.269. The van der Waals surface area contributed by atoms with E-state index in [0.717, 1.165) is 22.4 Å². The average molecular weight is 447 g/mol. The van der Waals surface area contributed by atoms with Crippen LogP contribution in [0.4, 0.5) is 11.4 Å². The fourth-order valence-corrected chi connectivity index (χ4v) is 4.14. The summed E-state index contributed by atoms with van der Waals surface area (Å²) in [6.45, 7) is 3.32. The number of ether oxygens (including phenoxy) is 2. The first kappa shape index (κ1) is 22.5. The van der Waals surface area contributed by atoms with Gasteiger partial charge in [0, 0.05) is 31.0 Å². The molecule has 1 fully saturated rings. The van der Waals surface area contributed by atoms with Gasteiger partial charge in [0.15, 0.2) is 0 Å². The second-order valence-corrected chi connectivity index (χ2v) is 8.21. The summed E-state index contributed by atoms with van der Waals surface area (Å²) in [7, 11) is 0. The van der Waals surface area contributed by atoms with Crippen LogP contribution in [0.2, 0.25) is 0 Å². The number of aryl methyl sites for hydroxylation is 1. The Bertz CT molecular complexity index is 1120. The molecule has 0 aromatic heterocycles. The van der Waals surface area contributed by atoms with Gasteiger partial charge in [-0.1, -0.05) is 42.5 Å². The van der Waals surface area contributed by atoms with Gasteiger partial charge in [0.1, 0.15) is 12.4 Å². The molecule has 7 heteroatoms. The molecule has 33 heavy (non-hydrogen) atoms. The number of amides is 1. The Kier molecular flexibility index (Phi) is 6.70. The molecule has 0 radical (unpaired) electrons. The summed E-state index contributed by atoms with van der Waals surface area (Å²) in [4.78, 5) is 24.1. The van der Waals surface area contributed by atoms with Gasteiger partial charge < -0.3 is 14.8 Å². The standard InChI is InChI=1S/C26H26N2O5/c1-19-17-22(9-12-24(19)33-18-20-5-3-2-4-6-20)27-25(29)26(13-15-32-16-14-26)21-7-10-23(11-8-21)28(30)31/h2-12,17H,13-16,18H2,1H3,(H,27,29). The molecule has 1 heterocycles. The van der Waals surface area contributed by atoms with Crippen LogP contribution in [0.5, 0.6) is 5.75 Å². The molecule has 1 amide bonds. The molecule has 0 saturated carbocycles. The summed E-state index contributed by atoms with van der Waals surface area (Å²) in [6, 6.07) is 21.8. The Morgan fingerprint density at radius 1 is 1.06 bits per heavy atom. The van der Waals surface area contributed by atoms with E-state index in [0.29, 0.717) is 38.3 Å². The largest absolute Gasteiger partial charge is 0.489 e. The first-order valence-corrected chi connectivity index (χ1v) is 10.9. The van der Waals surface area contributed by atoms with E-state index in [2.05, 4.69) is 5.32 Å². The number of nitrogens with zero attached hydrogens (tertiary/aromatic N) is 1. The number of nitro groups is 1. The van der Waals surface area contributed by atoms with Gasteiger partial charge in [0.2, 0.25) is 5.91 Å². The smallest absolute Gasteiger partial charge is 0.269 e. The van der Waals surface area contributed by atoms with Crippen molar-refractivity contribution in [2.75, 3.05) is 18.5 Å². The highest BCUT2D eigenvalue weighted by Gasteiger charge is 2.42. The number of hydrogen-bond donors (Lipinski definition) is 1. The van der Waals surface area contributed by atoms with Crippen molar-refractivity contribution in [3.63, 3.8) is 0 Å². The monoisotopic (exact) mass is 446 g/mol. The summed E-state index contributed by atoms with van der Waals surface area (Å²) >= 11 is 0. The first-order valence-electron chi connectivity index (χ1n) is 10.9. The Hall–Kier alpha value is -3.71. The molecule has 4 rings (SSSR count). The Balaban J connectivity index is 1.51. The van der Waals surface area contributed by atoms with E-state index < -0.39 is 10.3 Å². The summed E-state index contributed by atoms with van der Waals surface area (Å²) in [5, 5.41) is 14.1. The van der Waals surface area contributed by atoms with Crippen LogP contribution in [0.25, 0.3) is 0 Å². The van der Waals surface area contributed by atoms with Crippen molar-refractivity contribution in [3.8, 4) is 5.75 Å². The van der Waals surface area contributed by atoms with Crippen molar-refractivity contribution < 1.29 is 19.2 Å². The zero-order valence-electron chi connectivity index (χ0n) is 18.5. The molecule has 7 nitrogen and oxygen atoms in total. The number of anilines is 1. The lowest BCUT2D eigenvalue weighted by Crippen LogP contribution is -2.44. The van der Waals surface area contributed by atoms with Gasteiger partial charge in [-0.3, -0.25) is 14.9 Å². The van der Waals surface area contributed by atoms with E-state index in [9.17, 15) is 14.9 Å². The lowest BCUT2D eigenvalue weighted by molar-refractivity contribution is -0.384. The third-order valence-corrected chi connectivity index (χ3v) is 6.08. The minimum Gasteiger partial charge on any atom is -0.489 e. The molecule has 0 atom stereocenters. The van der Waals surface area contributed by atoms with Crippen LogP contribution >= 0.6 is 0 Å². The minimum atomic E-state index is -0.802. The van der Waals surface area contributed by atoms with Crippen LogP contribution in [0.3, 0.4) is 0 Å². The number of carbonyl (C=O) groups excluding carboxylic acids is 1. The van der Waals surface area contributed by atoms with Gasteiger partial charge in [0.25, 0.3) is 5.69 Å². The predicted molar refractivity (Wildman–Crippen MR) is 125 cm³/mol. The molecule has 0 bridgehead atoms. The fourth-order valence-electron chi connectivity index (χ4n) is 4.14. The summed E-state index contributed by atoms with van der Waals surface area (Å²) in [5.41, 5.74) is 2.64. The summed E-state index contributed by atoms with van der Waals surface area (Å²) in [5.74, 6) is 0.616. The van der Waals surface area contributed by atoms with Crippen LogP contribution in [-0.2, 0) is 21.6 Å². The first-order chi connectivity index (χ1) is 16.0. The minimum absolute atomic E-state index is 0.00286. The number of nitrogens with one attached hydrogen (secondary N) is 1. The van der Waals surface area contributed by atoms with Gasteiger partial charge in [0.05, 0.1) is 10.3 Å². The molecule has 0 spiro atoms. The average Bonchev–Trinajstić information content (AvgIpc) is 2.84. The molecular weight excluding hydrogens is 420 g/mol. The topological polar surface area (TPSA) is 90.7 Å². The predicted octanol–water partition coefficient (Wildman–Crippen LogP) is 5.17. The number of rotatable bonds is 7. The van der Waals surface area contributed by atoms with Crippen molar-refractivity contribution in [3.05, 3.63) is 99.6 Å². The molecule has 0 aliphatic carbocycles. The second-order valence-electron chi connectivity index (χ2n) is 8.21. The number of benzene rings is 3. The quantitative estimate of drug-likeness (QED) is 0.399. The zero-order valence-corrected chi connectivity index (χ0v) is 18.5.